The number of hydrogen-bond donors (Lipinski definition) is 2. The number of methoxy groups -OCH3 is 1. The summed E-state index contributed by atoms with van der Waals surface area (Å²) < 4.78 is 4.78. The molecule has 0 saturated carbocycles. The molecule has 98 valence electrons. The van der Waals surface area contributed by atoms with E-state index in [1.807, 2.05) is 20.8 Å². The number of rotatable bonds is 6. The van der Waals surface area contributed by atoms with E-state index in [2.05, 4.69) is 10.8 Å². The molecule has 0 spiro atoms. The van der Waals surface area contributed by atoms with Gasteiger partial charge in [-0.15, -0.1) is 0 Å². The molecular weight excluding hydrogens is 224 g/mol. The molecule has 2 N–H and O–H groups in total. The maximum Gasteiger partial charge on any atom is 0.345 e. The van der Waals surface area contributed by atoms with Crippen LogP contribution in [0.15, 0.2) is 11.8 Å². The van der Waals surface area contributed by atoms with E-state index < -0.39 is 11.9 Å². The summed E-state index contributed by atoms with van der Waals surface area (Å²) in [6, 6.07) is -0.689. The van der Waals surface area contributed by atoms with Crippen molar-refractivity contribution in [3.8, 4) is 0 Å². The third-order valence-electron chi connectivity index (χ3n) is 1.83. The average Bonchev–Trinajstić information content (AvgIpc) is 2.25. The molecule has 0 bridgehead atoms. The third kappa shape index (κ3) is 6.57. The van der Waals surface area contributed by atoms with Gasteiger partial charge in [0.25, 0.3) is 5.91 Å². The van der Waals surface area contributed by atoms with Gasteiger partial charge < -0.3 is 4.74 Å². The Hall–Kier alpha value is -1.56. The first-order valence-electron chi connectivity index (χ1n) is 5.48. The smallest absolute Gasteiger partial charge is 0.345 e. The zero-order chi connectivity index (χ0) is 13.3. The molecule has 17 heavy (non-hydrogen) atoms. The molecule has 0 atom stereocenters. The minimum absolute atomic E-state index is 0.0423. The molecule has 0 heterocycles. The maximum absolute atomic E-state index is 11.6. The highest BCUT2D eigenvalue weighted by Gasteiger charge is 2.16. The predicted octanol–water partition coefficient (Wildman–Crippen LogP) is 1.34. The summed E-state index contributed by atoms with van der Waals surface area (Å²) in [7, 11) is 1.44. The van der Waals surface area contributed by atoms with Crippen molar-refractivity contribution >= 4 is 11.9 Å². The normalized spacial score (nSPS) is 11.2. The quantitative estimate of drug-likeness (QED) is 0.320. The van der Waals surface area contributed by atoms with E-state index in [1.165, 1.54) is 13.4 Å². The zero-order valence-corrected chi connectivity index (χ0v) is 10.7. The number of ether oxygens (including phenoxy) is 1. The molecule has 0 aromatic heterocycles. The van der Waals surface area contributed by atoms with Gasteiger partial charge in [-0.1, -0.05) is 20.8 Å². The van der Waals surface area contributed by atoms with Crippen LogP contribution in [0.1, 0.15) is 27.2 Å². The Labute approximate surface area is 101 Å². The number of nitrogens with one attached hydrogen (secondary N) is 2. The van der Waals surface area contributed by atoms with E-state index in [1.54, 1.807) is 0 Å². The predicted molar refractivity (Wildman–Crippen MR) is 62.8 cm³/mol. The number of carbonyl (C=O) groups excluding carboxylic acids is 2. The van der Waals surface area contributed by atoms with Gasteiger partial charge in [-0.25, -0.2) is 10.3 Å². The van der Waals surface area contributed by atoms with E-state index in [0.717, 1.165) is 6.42 Å². The van der Waals surface area contributed by atoms with Gasteiger partial charge >= 0.3 is 6.03 Å². The Balaban J connectivity index is 4.22. The molecule has 0 radical (unpaired) electrons. The number of amides is 3. The van der Waals surface area contributed by atoms with Gasteiger partial charge in [0.2, 0.25) is 0 Å². The lowest BCUT2D eigenvalue weighted by Gasteiger charge is -2.11. The highest BCUT2D eigenvalue weighted by Crippen LogP contribution is 2.09. The van der Waals surface area contributed by atoms with Gasteiger partial charge in [0.15, 0.2) is 0 Å². The van der Waals surface area contributed by atoms with Crippen LogP contribution in [-0.4, -0.2) is 25.7 Å². The number of hydroxylamine groups is 1. The second-order valence-electron chi connectivity index (χ2n) is 3.70. The van der Waals surface area contributed by atoms with E-state index in [-0.39, 0.29) is 5.92 Å². The summed E-state index contributed by atoms with van der Waals surface area (Å²) in [4.78, 5) is 27.6. The topological polar surface area (TPSA) is 76.7 Å². The second kappa shape index (κ2) is 8.58. The minimum Gasteiger partial charge on any atom is -0.504 e. The molecule has 0 fully saturated rings. The van der Waals surface area contributed by atoms with Crippen LogP contribution in [0.3, 0.4) is 0 Å². The Morgan fingerprint density at radius 3 is 2.47 bits per heavy atom. The fourth-order valence-electron chi connectivity index (χ4n) is 0.998. The van der Waals surface area contributed by atoms with Gasteiger partial charge in [-0.3, -0.25) is 14.9 Å². The first-order valence-corrected chi connectivity index (χ1v) is 5.48. The third-order valence-corrected chi connectivity index (χ3v) is 1.83. The standard InChI is InChI=1S/C11H20N2O4/c1-5-6-17-13-11(15)12-10(14)9(7-16-4)8(2)3/h7-8H,5-6H2,1-4H3,(H2,12,13,14,15)/b9-7+. The van der Waals surface area contributed by atoms with Gasteiger partial charge in [0.1, 0.15) is 0 Å². The van der Waals surface area contributed by atoms with Crippen molar-refractivity contribution in [1.29, 1.82) is 0 Å². The molecule has 0 rings (SSSR count). The van der Waals surface area contributed by atoms with Crippen LogP contribution in [0.5, 0.6) is 0 Å². The van der Waals surface area contributed by atoms with Crippen molar-refractivity contribution in [1.82, 2.24) is 10.8 Å². The molecule has 0 unspecified atom stereocenters. The fourth-order valence-corrected chi connectivity index (χ4v) is 0.998. The molecule has 0 aliphatic heterocycles. The lowest BCUT2D eigenvalue weighted by Crippen LogP contribution is -2.40. The average molecular weight is 244 g/mol. The first kappa shape index (κ1) is 15.4. The van der Waals surface area contributed by atoms with Crippen LogP contribution in [0, 0.1) is 5.92 Å². The molecule has 6 heteroatoms. The lowest BCUT2D eigenvalue weighted by atomic mass is 10.0. The second-order valence-corrected chi connectivity index (χ2v) is 3.70. The van der Waals surface area contributed by atoms with Crippen molar-refractivity contribution in [2.45, 2.75) is 27.2 Å². The Kier molecular flexibility index (Phi) is 7.79. The van der Waals surface area contributed by atoms with Crippen molar-refractivity contribution < 1.29 is 19.2 Å². The number of hydrogen-bond acceptors (Lipinski definition) is 4. The van der Waals surface area contributed by atoms with E-state index >= 15 is 0 Å². The van der Waals surface area contributed by atoms with Crippen LogP contribution < -0.4 is 10.8 Å². The Bertz CT molecular complexity index is 287. The Morgan fingerprint density at radius 2 is 2.00 bits per heavy atom. The molecule has 0 aliphatic carbocycles. The van der Waals surface area contributed by atoms with Crippen LogP contribution in [0.25, 0.3) is 0 Å². The van der Waals surface area contributed by atoms with Crippen molar-refractivity contribution in [3.05, 3.63) is 11.8 Å². The van der Waals surface area contributed by atoms with E-state index in [0.29, 0.717) is 12.2 Å². The van der Waals surface area contributed by atoms with Crippen molar-refractivity contribution in [2.75, 3.05) is 13.7 Å². The summed E-state index contributed by atoms with van der Waals surface area (Å²) in [5.74, 6) is -0.543. The number of imide groups is 1. The van der Waals surface area contributed by atoms with E-state index in [4.69, 9.17) is 9.57 Å². The summed E-state index contributed by atoms with van der Waals surface area (Å²) in [6.45, 7) is 5.96. The lowest BCUT2D eigenvalue weighted by molar-refractivity contribution is -0.117. The molecule has 0 aromatic carbocycles. The molecule has 0 aromatic rings. The monoisotopic (exact) mass is 244 g/mol. The maximum atomic E-state index is 11.6. The Morgan fingerprint density at radius 1 is 1.35 bits per heavy atom. The highest BCUT2D eigenvalue weighted by atomic mass is 16.7. The molecule has 0 aliphatic rings. The zero-order valence-electron chi connectivity index (χ0n) is 10.7. The van der Waals surface area contributed by atoms with Gasteiger partial charge in [-0.05, 0) is 12.3 Å². The highest BCUT2D eigenvalue weighted by molar-refractivity contribution is 6.03. The summed E-state index contributed by atoms with van der Waals surface area (Å²) in [5.41, 5.74) is 2.50. The van der Waals surface area contributed by atoms with Gasteiger partial charge in [0, 0.05) is 0 Å². The number of urea groups is 1. The van der Waals surface area contributed by atoms with Crippen LogP contribution >= 0.6 is 0 Å². The molecule has 3 amide bonds. The SMILES string of the molecule is CCCONC(=O)NC(=O)/C(=C/OC)C(C)C. The van der Waals surface area contributed by atoms with Crippen LogP contribution in [0.2, 0.25) is 0 Å². The molecule has 0 saturated heterocycles. The van der Waals surface area contributed by atoms with E-state index in [9.17, 15) is 9.59 Å². The van der Waals surface area contributed by atoms with Crippen LogP contribution in [0.4, 0.5) is 4.79 Å². The van der Waals surface area contributed by atoms with Crippen LogP contribution in [-0.2, 0) is 14.4 Å². The molecular formula is C11H20N2O4. The number of carbonyl (C=O) groups is 2. The fraction of sp³-hybridized carbons (Fsp3) is 0.636. The van der Waals surface area contributed by atoms with Crippen molar-refractivity contribution in [2.24, 2.45) is 5.92 Å². The first-order chi connectivity index (χ1) is 8.02. The van der Waals surface area contributed by atoms with Gasteiger partial charge in [0.05, 0.1) is 25.6 Å². The summed E-state index contributed by atoms with van der Waals surface area (Å²) in [5, 5.41) is 2.14. The summed E-state index contributed by atoms with van der Waals surface area (Å²) >= 11 is 0. The minimum atomic E-state index is -0.689. The molecule has 6 nitrogen and oxygen atoms in total. The van der Waals surface area contributed by atoms with Gasteiger partial charge in [-0.2, -0.15) is 0 Å². The van der Waals surface area contributed by atoms with Crippen molar-refractivity contribution in [3.63, 3.8) is 0 Å². The largest absolute Gasteiger partial charge is 0.504 e. The summed E-state index contributed by atoms with van der Waals surface area (Å²) in [6.07, 6.45) is 2.09.